The first-order chi connectivity index (χ1) is 61.2. The molecule has 17 nitrogen and oxygen atoms in total. The molecule has 0 aliphatic carbocycles. The Morgan fingerprint density at radius 3 is 1.12 bits per heavy atom. The molecule has 17 heteroatoms. The number of benzene rings is 10. The van der Waals surface area contributed by atoms with E-state index in [4.69, 9.17) is 22.1 Å². The average molecular weight is 1630 g/mol. The summed E-state index contributed by atoms with van der Waals surface area (Å²) in [6, 6.07) is 79.4. The van der Waals surface area contributed by atoms with Crippen LogP contribution in [0, 0.1) is 34.6 Å². The molecule has 0 bridgehead atoms. The zero-order valence-corrected chi connectivity index (χ0v) is 70.5. The lowest BCUT2D eigenvalue weighted by atomic mass is 9.99. The van der Waals surface area contributed by atoms with Gasteiger partial charge in [-0.3, -0.25) is 19.9 Å². The first-order valence-electron chi connectivity index (χ1n) is 41.6. The van der Waals surface area contributed by atoms with Gasteiger partial charge in [0.25, 0.3) is 6.33 Å². The first kappa shape index (κ1) is 76.3. The third-order valence-corrected chi connectivity index (χ3v) is 24.4. The van der Waals surface area contributed by atoms with E-state index < -0.39 is 0 Å². The fourth-order valence-corrected chi connectivity index (χ4v) is 18.2. The van der Waals surface area contributed by atoms with E-state index in [-0.39, 0.29) is 0 Å². The fourth-order valence-electron chi connectivity index (χ4n) is 18.2. The van der Waals surface area contributed by atoms with Crippen molar-refractivity contribution in [2.45, 2.75) is 34.6 Å². The number of rotatable bonds is 5. The second-order valence-electron chi connectivity index (χ2n) is 32.1. The highest BCUT2D eigenvalue weighted by Gasteiger charge is 2.28. The van der Waals surface area contributed by atoms with Gasteiger partial charge in [0.05, 0.1) is 68.9 Å². The topological polar surface area (TPSA) is 175 Å². The average Bonchev–Trinajstić information content (AvgIpc) is 1.62. The smallest absolute Gasteiger partial charge is 0.286 e. The Labute approximate surface area is 717 Å². The zero-order chi connectivity index (χ0) is 84.8. The van der Waals surface area contributed by atoms with E-state index in [9.17, 15) is 0 Å². The Kier molecular flexibility index (Phi) is 19.0. The lowest BCUT2D eigenvalue weighted by Crippen LogP contribution is -2.31. The molecule has 15 heterocycles. The fraction of sp³-hybridized carbons (Fsp3) is 0.0926. The summed E-state index contributed by atoms with van der Waals surface area (Å²) in [5.41, 5.74) is 26.6. The van der Waals surface area contributed by atoms with Gasteiger partial charge in [-0.25, -0.2) is 28.2 Å². The molecule has 25 aromatic rings. The van der Waals surface area contributed by atoms with Gasteiger partial charge >= 0.3 is 0 Å². The van der Waals surface area contributed by atoms with Crippen LogP contribution in [-0.4, -0.2) is 34.9 Å². The van der Waals surface area contributed by atoms with Crippen molar-refractivity contribution < 1.29 is 44.9 Å². The van der Waals surface area contributed by atoms with Crippen LogP contribution in [0.15, 0.2) is 346 Å². The van der Waals surface area contributed by atoms with Gasteiger partial charge in [0, 0.05) is 150 Å². The number of aryl methyl sites for hydroxylation is 10. The number of pyridine rings is 8. The minimum Gasteiger partial charge on any atom is -0.455 e. The van der Waals surface area contributed by atoms with Crippen LogP contribution in [0.3, 0.4) is 0 Å². The van der Waals surface area contributed by atoms with Gasteiger partial charge in [-0.1, -0.05) is 126 Å². The predicted molar refractivity (Wildman–Crippen MR) is 497 cm³/mol. The van der Waals surface area contributed by atoms with Crippen LogP contribution in [-0.2, 0) is 35.2 Å². The molecule has 0 saturated heterocycles. The summed E-state index contributed by atoms with van der Waals surface area (Å²) in [6.45, 7) is 10.6. The van der Waals surface area contributed by atoms with E-state index >= 15 is 0 Å². The Morgan fingerprint density at radius 2 is 0.608 bits per heavy atom. The SMILES string of the molecule is Cc1ccc2c(oc3ccc4cccnc4c32)c1-c1cccc[n+]1C.Cc1ccc2c(oc3ccc4ccncc4c32)c1-c1cccc[n+]1C.Cc1ccc2c(oc3ccc4cnccc4c32)c1-c1cccc[n+]1C.Cc1ccc2c(oc3ncc4ccccc4c32)c1-c1ccnc[n+]1C.Cc1ccc2c(oc3ncc4ccccc4c32)c1-c1cncc[n+]1C. The third kappa shape index (κ3) is 13.1. The Morgan fingerprint density at radius 1 is 0.224 bits per heavy atom. The minimum absolute atomic E-state index is 0.673. The molecule has 0 atom stereocenters. The molecule has 125 heavy (non-hydrogen) atoms. The van der Waals surface area contributed by atoms with E-state index in [0.717, 1.165) is 204 Å². The van der Waals surface area contributed by atoms with Gasteiger partial charge in [-0.15, -0.1) is 0 Å². The molecule has 0 radical (unpaired) electrons. The standard InChI is InChI=1S/3C22H17N2O.2C21H16N3O/c1-14-8-10-16-20-18(11-9-15-6-5-12-23-21(15)20)25-22(16)19(14)17-7-3-4-13-24(17)2;1-14-6-8-17-21-16-10-11-23-13-15(16)7-9-19(21)25-22(17)20(14)18-5-3-4-12-24(18)2;1-14-6-8-16-21-17-13-23-11-10-15(17)7-9-19(21)25-22(16)20(14)18-5-3-4-12-24(18)2;1-13-7-8-16-19-15-6-4-3-5-14(15)11-23-21(19)25-20(16)18(13)17-12-22-9-10-24(17)2;1-13-7-8-16-19-15-6-4-3-5-14(15)11-23-21(19)25-20(16)18(13)17-9-10-22-12-24(17)2/h3*3-13H,1-2H3;2*3-12H,1-2H3/q5*+1. The molecular weight excluding hydrogens is 1550 g/mol. The Bertz CT molecular complexity index is 7510. The number of hydrogen-bond acceptors (Lipinski definition) is 12. The van der Waals surface area contributed by atoms with Crippen molar-refractivity contribution in [2.24, 2.45) is 35.2 Å². The van der Waals surface area contributed by atoms with Gasteiger partial charge in [-0.2, -0.15) is 4.57 Å². The van der Waals surface area contributed by atoms with Crippen molar-refractivity contribution in [2.75, 3.05) is 0 Å². The summed E-state index contributed by atoms with van der Waals surface area (Å²) < 4.78 is 42.0. The lowest BCUT2D eigenvalue weighted by molar-refractivity contribution is -0.663. The molecule has 0 aliphatic heterocycles. The minimum atomic E-state index is 0.673. The van der Waals surface area contributed by atoms with E-state index in [1.165, 1.54) is 32.8 Å². The lowest BCUT2D eigenvalue weighted by Gasteiger charge is -2.06. The number of aromatic nitrogens is 12. The normalized spacial score (nSPS) is 11.6. The molecule has 15 aromatic heterocycles. The van der Waals surface area contributed by atoms with Crippen LogP contribution in [0.2, 0.25) is 0 Å². The molecule has 600 valence electrons. The van der Waals surface area contributed by atoms with Gasteiger partial charge in [0.1, 0.15) is 79.2 Å². The maximum Gasteiger partial charge on any atom is 0.286 e. The number of furan rings is 5. The van der Waals surface area contributed by atoms with Crippen LogP contribution >= 0.6 is 0 Å². The maximum atomic E-state index is 6.35. The van der Waals surface area contributed by atoms with Crippen molar-refractivity contribution in [3.63, 3.8) is 0 Å². The number of nitrogens with zero attached hydrogens (tertiary/aromatic N) is 12. The molecule has 0 spiro atoms. The summed E-state index contributed by atoms with van der Waals surface area (Å²) in [6.07, 6.45) is 28.5. The van der Waals surface area contributed by atoms with E-state index in [1.807, 2.05) is 148 Å². The molecular formula is C108H83N12O5+5. The molecule has 0 unspecified atom stereocenters. The van der Waals surface area contributed by atoms with Gasteiger partial charge in [-0.05, 0) is 151 Å². The molecule has 0 N–H and O–H groups in total. The monoisotopic (exact) mass is 1630 g/mol. The summed E-state index contributed by atoms with van der Waals surface area (Å²) in [5.74, 6) is 0. The van der Waals surface area contributed by atoms with Crippen molar-refractivity contribution in [1.82, 2.24) is 34.9 Å². The highest BCUT2D eigenvalue weighted by molar-refractivity contribution is 6.25. The summed E-state index contributed by atoms with van der Waals surface area (Å²) in [5, 5.41) is 21.4. The van der Waals surface area contributed by atoms with Crippen molar-refractivity contribution >= 4 is 164 Å². The van der Waals surface area contributed by atoms with E-state index in [0.29, 0.717) is 11.4 Å². The Balaban J connectivity index is 0.0000000956. The van der Waals surface area contributed by atoms with Crippen molar-refractivity contribution in [3.8, 4) is 56.3 Å². The van der Waals surface area contributed by atoms with Crippen LogP contribution in [0.25, 0.3) is 220 Å². The molecule has 0 saturated carbocycles. The summed E-state index contributed by atoms with van der Waals surface area (Å²) in [7, 11) is 10.2. The van der Waals surface area contributed by atoms with Gasteiger partial charge < -0.3 is 22.1 Å². The Hall–Kier alpha value is -16.1. The molecule has 0 aliphatic rings. The van der Waals surface area contributed by atoms with Crippen LogP contribution in [0.1, 0.15) is 27.8 Å². The molecule has 0 fully saturated rings. The number of hydrogen-bond donors (Lipinski definition) is 0. The molecule has 25 rings (SSSR count). The quantitative estimate of drug-likeness (QED) is 0.149. The van der Waals surface area contributed by atoms with Gasteiger partial charge in [0.2, 0.25) is 34.2 Å². The third-order valence-electron chi connectivity index (χ3n) is 24.4. The zero-order valence-electron chi connectivity index (χ0n) is 70.5. The molecule has 10 aromatic carbocycles. The summed E-state index contributed by atoms with van der Waals surface area (Å²) in [4.78, 5) is 30.7. The second kappa shape index (κ2) is 31.1. The van der Waals surface area contributed by atoms with E-state index in [2.05, 4.69) is 297 Å². The van der Waals surface area contributed by atoms with Crippen LogP contribution < -0.4 is 22.8 Å². The molecule has 0 amide bonds. The summed E-state index contributed by atoms with van der Waals surface area (Å²) >= 11 is 0. The first-order valence-corrected chi connectivity index (χ1v) is 41.6. The van der Waals surface area contributed by atoms with E-state index in [1.54, 1.807) is 6.20 Å². The largest absolute Gasteiger partial charge is 0.455 e. The highest BCUT2D eigenvalue weighted by atomic mass is 16.4. The second-order valence-corrected chi connectivity index (χ2v) is 32.1. The highest BCUT2D eigenvalue weighted by Crippen LogP contribution is 2.46. The maximum absolute atomic E-state index is 6.35. The number of fused-ring (bicyclic) bond motifs is 25. The predicted octanol–water partition coefficient (Wildman–Crippen LogP) is 23.5. The van der Waals surface area contributed by atoms with Gasteiger partial charge in [0.15, 0.2) is 30.4 Å². The van der Waals surface area contributed by atoms with Crippen LogP contribution in [0.5, 0.6) is 0 Å². The van der Waals surface area contributed by atoms with Crippen LogP contribution in [0.4, 0.5) is 0 Å². The van der Waals surface area contributed by atoms with Crippen molar-refractivity contribution in [1.29, 1.82) is 0 Å². The van der Waals surface area contributed by atoms with Crippen molar-refractivity contribution in [3.05, 3.63) is 351 Å².